The van der Waals surface area contributed by atoms with E-state index >= 15 is 4.39 Å². The monoisotopic (exact) mass is 2010 g/mol. The summed E-state index contributed by atoms with van der Waals surface area (Å²) in [6.45, 7) is 11.8. The molecule has 1 spiro atoms. The Morgan fingerprint density at radius 2 is 1.19 bits per heavy atom. The molecule has 40 nitrogen and oxygen atoms in total. The van der Waals surface area contributed by atoms with Gasteiger partial charge in [0.15, 0.2) is 11.7 Å². The molecule has 4 aromatic carbocycles. The highest BCUT2D eigenvalue weighted by atomic mass is 19.1. The number of aliphatic hydroxyl groups excluding tert-OH is 3. The standard InChI is InChI=1S/C103H134FN9O31/c1-4-103(128)76-58-82-90-74(63-113(82)97(123)75(76)65-141-100(103)126)89-78(21-20-73-66(2)77(104)59-79(108-90)88(73)89)110-101(127)142-64-67-17-22-83(143-99-93(120)91(118)92(119)94(144-99)98(124)125)72(57-67)60-106-84(114)25-31-105-96(122)80(61-107-85(115)26-34-130-37-38-132-41-42-134-45-46-136-49-50-138-53-54-140-56-55-139-52-51-137-48-47-135-44-43-133-40-39-131-36-35-129-3)109-95(121)70-23-27-102(28-24-70)29-32-111(33-30-102)86(116)15-9-10-16-87(117)112-62-71-13-6-5-11-68(71)18-19-69-12-7-8-14-81(69)112/h5-8,11-14,17,22,57-59,70,78,80,91-94,99,118-120,128H,4,9-10,15-16,20-21,23-56,60-65H2,1-3H3,(H,105,122)(H,106,114)(H,107,115)(H,109,121)(H,110,127)(H,124,125). The number of para-hydroxylation sites is 1. The first-order valence-electron chi connectivity index (χ1n) is 49.5. The van der Waals surface area contributed by atoms with E-state index in [-0.39, 0.29) is 148 Å². The number of carboxylic acid groups (broad SMARTS) is 1. The molecule has 0 radical (unpaired) electrons. The van der Waals surface area contributed by atoms with Crippen molar-refractivity contribution in [3.8, 4) is 29.0 Å². The van der Waals surface area contributed by atoms with Gasteiger partial charge < -0.3 is 142 Å². The summed E-state index contributed by atoms with van der Waals surface area (Å²) in [5.41, 5.74) is 4.10. The SMILES string of the molecule is CCC1(O)C(=O)OCc2c1cc1n(c2=O)Cc2c-1nc1cc(F)c(C)c3c1c2C(NC(=O)OCc1ccc(OC2OC(C(=O)O)C(O)C(O)C2O)c(CNC(=O)CCNC(=O)C(CNC(=O)CCOCCOCCOCCOCCOCCOCCOCCOCCOCCOCCOCCOC)NC(=O)C2CCC4(CC2)CCN(C(=O)CCCCC(=O)N2Cc5ccccc5C#Cc5ccccc52)CC4)c1)CC3. The van der Waals surface area contributed by atoms with Gasteiger partial charge in [0.05, 0.1) is 199 Å². The molecule has 1 saturated carbocycles. The Morgan fingerprint density at radius 3 is 1.81 bits per heavy atom. The maximum Gasteiger partial charge on any atom is 0.407 e. The first-order valence-corrected chi connectivity index (χ1v) is 49.5. The number of likely N-dealkylation sites (tertiary alicyclic amines) is 1. The molecule has 2 aliphatic carbocycles. The Balaban J connectivity index is 0.561. The van der Waals surface area contributed by atoms with E-state index in [4.69, 9.17) is 80.8 Å². The van der Waals surface area contributed by atoms with Gasteiger partial charge in [0, 0.05) is 111 Å². The van der Waals surface area contributed by atoms with Crippen molar-refractivity contribution in [3.05, 3.63) is 156 Å². The highest BCUT2D eigenvalue weighted by Crippen LogP contribution is 2.49. The van der Waals surface area contributed by atoms with Crippen LogP contribution >= 0.6 is 0 Å². The van der Waals surface area contributed by atoms with E-state index < -0.39 is 114 Å². The van der Waals surface area contributed by atoms with Gasteiger partial charge in [0.1, 0.15) is 49.1 Å². The van der Waals surface area contributed by atoms with Crippen molar-refractivity contribution in [1.29, 1.82) is 0 Å². The van der Waals surface area contributed by atoms with Crippen LogP contribution in [0.2, 0.25) is 0 Å². The van der Waals surface area contributed by atoms with Gasteiger partial charge in [0.2, 0.25) is 41.7 Å². The molecule has 10 N–H and O–H groups in total. The minimum absolute atomic E-state index is 0.00558. The summed E-state index contributed by atoms with van der Waals surface area (Å²) in [7, 11) is 1.63. The quantitative estimate of drug-likeness (QED) is 0.0137. The Morgan fingerprint density at radius 1 is 0.618 bits per heavy atom. The van der Waals surface area contributed by atoms with E-state index in [1.807, 2.05) is 53.4 Å². The summed E-state index contributed by atoms with van der Waals surface area (Å²) in [6.07, 6.45) is -5.50. The van der Waals surface area contributed by atoms with Crippen LogP contribution in [0, 0.1) is 35.9 Å². The second kappa shape index (κ2) is 55.4. The Kier molecular flexibility index (Phi) is 42.4. The number of carboxylic acids is 1. The number of aliphatic carboxylic acids is 1. The lowest BCUT2D eigenvalue weighted by atomic mass is 9.65. The summed E-state index contributed by atoms with van der Waals surface area (Å²) < 4.78 is 106. The first kappa shape index (κ1) is 110. The molecule has 144 heavy (non-hydrogen) atoms. The van der Waals surface area contributed by atoms with Crippen molar-refractivity contribution in [2.45, 2.75) is 191 Å². The lowest BCUT2D eigenvalue weighted by molar-refractivity contribution is -0.271. The fourth-order valence-corrected chi connectivity index (χ4v) is 18.7. The summed E-state index contributed by atoms with van der Waals surface area (Å²) in [5, 5.41) is 68.4. The van der Waals surface area contributed by atoms with Crippen molar-refractivity contribution >= 4 is 70.1 Å². The molecule has 784 valence electrons. The average Bonchev–Trinajstić information content (AvgIpc) is 1.43. The number of alkyl carbamates (subject to hydrolysis) is 1. The Labute approximate surface area is 834 Å². The fourth-order valence-electron chi connectivity index (χ4n) is 18.7. The molecular formula is C103H134FN9O31. The number of fused-ring (bicyclic) bond motifs is 7. The van der Waals surface area contributed by atoms with Crippen LogP contribution in [0.15, 0.2) is 83.7 Å². The fraction of sp³-hybridized carbons (Fsp3) is 0.583. The number of aliphatic hydroxyl groups is 4. The molecule has 2 saturated heterocycles. The number of pyridine rings is 2. The van der Waals surface area contributed by atoms with Crippen molar-refractivity contribution in [2.24, 2.45) is 11.3 Å². The molecule has 13 rings (SSSR count). The van der Waals surface area contributed by atoms with Gasteiger partial charge in [-0.3, -0.25) is 33.6 Å². The molecule has 2 aromatic heterocycles. The molecule has 3 fully saturated rings. The van der Waals surface area contributed by atoms with Gasteiger partial charge in [-0.05, 0) is 147 Å². The smallest absolute Gasteiger partial charge is 0.407 e. The number of esters is 1. The number of carbonyl (C=O) groups is 9. The van der Waals surface area contributed by atoms with Crippen molar-refractivity contribution in [3.63, 3.8) is 0 Å². The molecule has 7 heterocycles. The van der Waals surface area contributed by atoms with Crippen LogP contribution in [-0.2, 0) is 154 Å². The number of hydrogen-bond acceptors (Lipinski definition) is 31. The van der Waals surface area contributed by atoms with E-state index in [1.165, 1.54) is 34.9 Å². The summed E-state index contributed by atoms with van der Waals surface area (Å²) in [4.78, 5) is 146. The van der Waals surface area contributed by atoms with Crippen LogP contribution in [0.5, 0.6) is 5.75 Å². The number of carbonyl (C=O) groups excluding carboxylic acids is 8. The van der Waals surface area contributed by atoms with E-state index in [0.717, 1.165) is 35.2 Å². The van der Waals surface area contributed by atoms with Crippen LogP contribution in [0.3, 0.4) is 0 Å². The number of amides is 7. The molecule has 5 aliphatic heterocycles. The van der Waals surface area contributed by atoms with Gasteiger partial charge >= 0.3 is 18.0 Å². The average molecular weight is 2010 g/mol. The van der Waals surface area contributed by atoms with Crippen LogP contribution in [0.25, 0.3) is 22.3 Å². The minimum atomic E-state index is -2.13. The predicted molar refractivity (Wildman–Crippen MR) is 514 cm³/mol. The number of methoxy groups -OCH3 is 1. The van der Waals surface area contributed by atoms with Gasteiger partial charge in [-0.2, -0.15) is 0 Å². The lowest BCUT2D eigenvalue weighted by Gasteiger charge is -2.45. The van der Waals surface area contributed by atoms with Crippen molar-refractivity contribution < 1.29 is 149 Å². The zero-order valence-corrected chi connectivity index (χ0v) is 81.9. The zero-order valence-electron chi connectivity index (χ0n) is 81.9. The minimum Gasteiger partial charge on any atom is -0.479 e. The Bertz CT molecular complexity index is 5490. The van der Waals surface area contributed by atoms with Gasteiger partial charge in [-0.15, -0.1) is 0 Å². The number of cyclic esters (lactones) is 1. The number of hydrogen-bond donors (Lipinski definition) is 10. The largest absolute Gasteiger partial charge is 0.479 e. The second-order valence-corrected chi connectivity index (χ2v) is 36.3. The normalized spacial score (nSPS) is 19.4. The number of benzene rings is 4. The van der Waals surface area contributed by atoms with Gasteiger partial charge in [-0.25, -0.2) is 23.8 Å². The van der Waals surface area contributed by atoms with E-state index in [0.29, 0.717) is 230 Å². The number of nitrogens with one attached hydrogen (secondary N) is 5. The third kappa shape index (κ3) is 30.1. The predicted octanol–water partition coefficient (Wildman–Crippen LogP) is 4.96. The van der Waals surface area contributed by atoms with Crippen LogP contribution in [0.4, 0.5) is 14.9 Å². The number of halogens is 1. The van der Waals surface area contributed by atoms with Crippen LogP contribution in [0.1, 0.15) is 164 Å². The highest BCUT2D eigenvalue weighted by Gasteiger charge is 2.50. The van der Waals surface area contributed by atoms with E-state index in [2.05, 4.69) is 38.4 Å². The number of aromatic nitrogens is 2. The molecule has 7 amide bonds. The molecular weight excluding hydrogens is 1880 g/mol. The Hall–Kier alpha value is -11.1. The maximum absolute atomic E-state index is 15.8. The third-order valence-corrected chi connectivity index (χ3v) is 26.9. The molecule has 0 bridgehead atoms. The number of nitrogens with zero attached hydrogens (tertiary/aromatic N) is 4. The van der Waals surface area contributed by atoms with Crippen LogP contribution < -0.4 is 41.8 Å². The summed E-state index contributed by atoms with van der Waals surface area (Å²) in [6, 6.07) is 20.4. The number of aryl methyl sites for hydroxylation is 1. The number of rotatable bonds is 58. The molecule has 7 aliphatic rings. The molecule has 6 aromatic rings. The first-order chi connectivity index (χ1) is 69.9. The van der Waals surface area contributed by atoms with E-state index in [9.17, 15) is 73.5 Å². The maximum atomic E-state index is 15.8. The second-order valence-electron chi connectivity index (χ2n) is 36.3. The van der Waals surface area contributed by atoms with E-state index in [1.54, 1.807) is 25.9 Å². The molecule has 41 heteroatoms. The summed E-state index contributed by atoms with van der Waals surface area (Å²) in [5.74, 6) is 0.453. The molecule has 8 unspecified atom stereocenters. The molecule has 8 atom stereocenters. The topological polar surface area (TPSA) is 504 Å². The number of anilines is 1. The number of piperidine rings is 1. The van der Waals surface area contributed by atoms with Crippen molar-refractivity contribution in [2.75, 3.05) is 190 Å². The lowest BCUT2D eigenvalue weighted by Crippen LogP contribution is -2.61. The zero-order chi connectivity index (χ0) is 102. The number of ether oxygens (including phenoxy) is 16. The number of unbranched alkanes of at least 4 members (excludes halogenated alkanes) is 1. The summed E-state index contributed by atoms with van der Waals surface area (Å²) >= 11 is 0. The van der Waals surface area contributed by atoms with Crippen LogP contribution in [-0.4, -0.2) is 315 Å². The van der Waals surface area contributed by atoms with Gasteiger partial charge in [0.25, 0.3) is 5.56 Å². The highest BCUT2D eigenvalue weighted by molar-refractivity contribution is 5.96. The van der Waals surface area contributed by atoms with Crippen molar-refractivity contribution in [1.82, 2.24) is 41.0 Å². The third-order valence-electron chi connectivity index (χ3n) is 26.9. The van der Waals surface area contributed by atoms with Gasteiger partial charge in [-0.1, -0.05) is 55.2 Å².